The van der Waals surface area contributed by atoms with E-state index < -0.39 is 0 Å². The molecule has 2 heteroatoms. The van der Waals surface area contributed by atoms with E-state index in [9.17, 15) is 5.11 Å². The van der Waals surface area contributed by atoms with Crippen molar-refractivity contribution in [2.24, 2.45) is 5.92 Å². The van der Waals surface area contributed by atoms with Gasteiger partial charge in [-0.1, -0.05) is 38.5 Å². The fraction of sp³-hybridized carbons (Fsp3) is 0.625. The standard InChI is InChI=1S/C16H24O2/c17-15-9-11-16(12-10-15)18-13-14-7-5-3-1-2-4-6-8-14/h9-12,14,17H,1-8,13H2. The van der Waals surface area contributed by atoms with E-state index in [4.69, 9.17) is 4.74 Å². The smallest absolute Gasteiger partial charge is 0.119 e. The van der Waals surface area contributed by atoms with Crippen LogP contribution in [-0.4, -0.2) is 11.7 Å². The van der Waals surface area contributed by atoms with Gasteiger partial charge in [0.25, 0.3) is 0 Å². The van der Waals surface area contributed by atoms with Crippen molar-refractivity contribution in [2.45, 2.75) is 51.4 Å². The van der Waals surface area contributed by atoms with Crippen LogP contribution in [0.25, 0.3) is 0 Å². The molecule has 18 heavy (non-hydrogen) atoms. The van der Waals surface area contributed by atoms with Crippen molar-refractivity contribution in [1.82, 2.24) is 0 Å². The summed E-state index contributed by atoms with van der Waals surface area (Å²) in [5.74, 6) is 1.87. The van der Waals surface area contributed by atoms with Crippen molar-refractivity contribution >= 4 is 0 Å². The van der Waals surface area contributed by atoms with Gasteiger partial charge in [-0.25, -0.2) is 0 Å². The van der Waals surface area contributed by atoms with Crippen LogP contribution in [0.15, 0.2) is 24.3 Å². The van der Waals surface area contributed by atoms with Crippen LogP contribution in [0.5, 0.6) is 11.5 Å². The third-order valence-electron chi connectivity index (χ3n) is 3.80. The van der Waals surface area contributed by atoms with E-state index in [2.05, 4.69) is 0 Å². The average Bonchev–Trinajstić information content (AvgIpc) is 2.52. The van der Waals surface area contributed by atoms with Gasteiger partial charge in [0, 0.05) is 0 Å². The maximum absolute atomic E-state index is 9.22. The highest BCUT2D eigenvalue weighted by Crippen LogP contribution is 2.23. The number of hydrogen-bond donors (Lipinski definition) is 1. The number of phenolic OH excluding ortho intramolecular Hbond substituents is 1. The summed E-state index contributed by atoms with van der Waals surface area (Å²) in [4.78, 5) is 0. The van der Waals surface area contributed by atoms with Gasteiger partial charge >= 0.3 is 0 Å². The number of rotatable bonds is 3. The highest BCUT2D eigenvalue weighted by Gasteiger charge is 2.11. The zero-order chi connectivity index (χ0) is 12.6. The molecule has 2 rings (SSSR count). The molecule has 0 saturated heterocycles. The molecule has 1 saturated carbocycles. The van der Waals surface area contributed by atoms with Gasteiger partial charge in [0.05, 0.1) is 6.61 Å². The van der Waals surface area contributed by atoms with Gasteiger partial charge in [-0.05, 0) is 43.0 Å². The van der Waals surface area contributed by atoms with Gasteiger partial charge in [-0.15, -0.1) is 0 Å². The molecule has 0 amide bonds. The molecule has 0 radical (unpaired) electrons. The molecular weight excluding hydrogens is 224 g/mol. The summed E-state index contributed by atoms with van der Waals surface area (Å²) in [6, 6.07) is 7.03. The molecule has 0 aliphatic heterocycles. The number of phenols is 1. The molecule has 1 N–H and O–H groups in total. The Bertz CT molecular complexity index is 321. The largest absolute Gasteiger partial charge is 0.508 e. The van der Waals surface area contributed by atoms with E-state index in [0.717, 1.165) is 12.4 Å². The lowest BCUT2D eigenvalue weighted by atomic mass is 9.98. The van der Waals surface area contributed by atoms with E-state index >= 15 is 0 Å². The van der Waals surface area contributed by atoms with Crippen LogP contribution in [0.1, 0.15) is 51.4 Å². The van der Waals surface area contributed by atoms with Crippen LogP contribution in [0.2, 0.25) is 0 Å². The maximum Gasteiger partial charge on any atom is 0.119 e. The monoisotopic (exact) mass is 248 g/mol. The summed E-state index contributed by atoms with van der Waals surface area (Å²) in [6.45, 7) is 0.824. The number of ether oxygens (including phenoxy) is 1. The lowest BCUT2D eigenvalue weighted by Crippen LogP contribution is -2.12. The summed E-state index contributed by atoms with van der Waals surface area (Å²) >= 11 is 0. The van der Waals surface area contributed by atoms with Crippen LogP contribution in [-0.2, 0) is 0 Å². The zero-order valence-electron chi connectivity index (χ0n) is 11.1. The molecule has 1 fully saturated rings. The van der Waals surface area contributed by atoms with E-state index in [1.54, 1.807) is 12.1 Å². The lowest BCUT2D eigenvalue weighted by molar-refractivity contribution is 0.227. The molecule has 0 bridgehead atoms. The second-order valence-electron chi connectivity index (χ2n) is 5.37. The molecule has 0 spiro atoms. The fourth-order valence-corrected chi connectivity index (χ4v) is 2.64. The third-order valence-corrected chi connectivity index (χ3v) is 3.80. The van der Waals surface area contributed by atoms with Gasteiger partial charge in [0.2, 0.25) is 0 Å². The van der Waals surface area contributed by atoms with Crippen molar-refractivity contribution < 1.29 is 9.84 Å². The third kappa shape index (κ3) is 4.59. The van der Waals surface area contributed by atoms with E-state index in [1.165, 1.54) is 51.4 Å². The minimum Gasteiger partial charge on any atom is -0.508 e. The maximum atomic E-state index is 9.22. The molecule has 1 aromatic carbocycles. The van der Waals surface area contributed by atoms with Crippen LogP contribution in [0.3, 0.4) is 0 Å². The Hall–Kier alpha value is -1.18. The van der Waals surface area contributed by atoms with Crippen LogP contribution >= 0.6 is 0 Å². The van der Waals surface area contributed by atoms with Gasteiger partial charge in [0.15, 0.2) is 0 Å². The highest BCUT2D eigenvalue weighted by molar-refractivity contribution is 5.30. The van der Waals surface area contributed by atoms with Gasteiger partial charge in [-0.2, -0.15) is 0 Å². The Balaban J connectivity index is 1.78. The number of benzene rings is 1. The first-order valence-electron chi connectivity index (χ1n) is 7.26. The Kier molecular flexibility index (Phi) is 5.37. The first kappa shape index (κ1) is 13.3. The molecule has 1 aromatic rings. The lowest BCUT2D eigenvalue weighted by Gasteiger charge is -2.16. The van der Waals surface area contributed by atoms with E-state index in [1.807, 2.05) is 12.1 Å². The molecule has 1 aliphatic carbocycles. The predicted octanol–water partition coefficient (Wildman–Crippen LogP) is 4.52. The van der Waals surface area contributed by atoms with Crippen LogP contribution < -0.4 is 4.74 Å². The number of hydrogen-bond acceptors (Lipinski definition) is 2. The van der Waals surface area contributed by atoms with Crippen LogP contribution in [0, 0.1) is 5.92 Å². The summed E-state index contributed by atoms with van der Waals surface area (Å²) in [7, 11) is 0. The number of aromatic hydroxyl groups is 1. The van der Waals surface area contributed by atoms with Gasteiger partial charge < -0.3 is 9.84 Å². The Morgan fingerprint density at radius 3 is 2.06 bits per heavy atom. The van der Waals surface area contributed by atoms with Crippen molar-refractivity contribution in [3.05, 3.63) is 24.3 Å². The minimum absolute atomic E-state index is 0.296. The Morgan fingerprint density at radius 2 is 1.44 bits per heavy atom. The first-order chi connectivity index (χ1) is 8.84. The summed E-state index contributed by atoms with van der Waals surface area (Å²) in [5.41, 5.74) is 0. The molecule has 1 aliphatic rings. The summed E-state index contributed by atoms with van der Waals surface area (Å²) in [6.07, 6.45) is 10.9. The fourth-order valence-electron chi connectivity index (χ4n) is 2.64. The van der Waals surface area contributed by atoms with Crippen molar-refractivity contribution in [3.63, 3.8) is 0 Å². The van der Waals surface area contributed by atoms with E-state index in [0.29, 0.717) is 11.7 Å². The molecule has 0 aromatic heterocycles. The highest BCUT2D eigenvalue weighted by atomic mass is 16.5. The normalized spacial score (nSPS) is 18.7. The van der Waals surface area contributed by atoms with Gasteiger partial charge in [-0.3, -0.25) is 0 Å². The minimum atomic E-state index is 0.296. The SMILES string of the molecule is Oc1ccc(OCC2CCCCCCCC2)cc1. The average molecular weight is 248 g/mol. The molecule has 0 heterocycles. The summed E-state index contributed by atoms with van der Waals surface area (Å²) < 4.78 is 5.83. The van der Waals surface area contributed by atoms with Gasteiger partial charge in [0.1, 0.15) is 11.5 Å². The Morgan fingerprint density at radius 1 is 0.889 bits per heavy atom. The molecule has 2 nitrogen and oxygen atoms in total. The molecule has 0 atom stereocenters. The second kappa shape index (κ2) is 7.30. The first-order valence-corrected chi connectivity index (χ1v) is 7.26. The van der Waals surface area contributed by atoms with Crippen molar-refractivity contribution in [1.29, 1.82) is 0 Å². The van der Waals surface area contributed by atoms with Crippen molar-refractivity contribution in [3.8, 4) is 11.5 Å². The topological polar surface area (TPSA) is 29.5 Å². The second-order valence-corrected chi connectivity index (χ2v) is 5.37. The molecule has 0 unspecified atom stereocenters. The Labute approximate surface area is 110 Å². The zero-order valence-corrected chi connectivity index (χ0v) is 11.1. The quantitative estimate of drug-likeness (QED) is 0.852. The van der Waals surface area contributed by atoms with Crippen LogP contribution in [0.4, 0.5) is 0 Å². The predicted molar refractivity (Wildman–Crippen MR) is 74.0 cm³/mol. The molecular formula is C16H24O2. The van der Waals surface area contributed by atoms with Crippen molar-refractivity contribution in [2.75, 3.05) is 6.61 Å². The molecule has 100 valence electrons. The summed E-state index contributed by atoms with van der Waals surface area (Å²) in [5, 5.41) is 9.22. The van der Waals surface area contributed by atoms with E-state index in [-0.39, 0.29) is 0 Å².